The van der Waals surface area contributed by atoms with E-state index in [1.807, 2.05) is 0 Å². The van der Waals surface area contributed by atoms with Crippen LogP contribution in [0.25, 0.3) is 0 Å². The van der Waals surface area contributed by atoms with Crippen LogP contribution in [0.15, 0.2) is 12.2 Å². The number of allylic oxidation sites excluding steroid dienone is 2. The van der Waals surface area contributed by atoms with Crippen molar-refractivity contribution in [3.8, 4) is 0 Å². The van der Waals surface area contributed by atoms with E-state index in [2.05, 4.69) is 15.7 Å². The number of halogens is 1. The fourth-order valence-electron chi connectivity index (χ4n) is 2.64. The van der Waals surface area contributed by atoms with Gasteiger partial charge in [0.15, 0.2) is 0 Å². The summed E-state index contributed by atoms with van der Waals surface area (Å²) < 4.78 is 7.56. The third kappa shape index (κ3) is 2.86. The predicted octanol–water partition coefficient (Wildman–Crippen LogP) is 3.06. The van der Waals surface area contributed by atoms with E-state index in [0.717, 1.165) is 11.8 Å². The SMILES string of the molecule is O=C(NI)OCC1[C@H]2CC/C=C\CC[C@@H]12. The van der Waals surface area contributed by atoms with Crippen LogP contribution in [0.4, 0.5) is 4.79 Å². The molecule has 2 aliphatic rings. The van der Waals surface area contributed by atoms with Crippen molar-refractivity contribution in [3.05, 3.63) is 12.2 Å². The third-order valence-corrected chi connectivity index (χ3v) is 3.93. The van der Waals surface area contributed by atoms with E-state index in [9.17, 15) is 4.79 Å². The predicted molar refractivity (Wildman–Crippen MR) is 66.6 cm³/mol. The molecule has 3 atom stereocenters. The number of amides is 1. The molecule has 1 fully saturated rings. The molecule has 0 saturated heterocycles. The zero-order valence-corrected chi connectivity index (χ0v) is 10.8. The van der Waals surface area contributed by atoms with Gasteiger partial charge >= 0.3 is 6.09 Å². The highest BCUT2D eigenvalue weighted by atomic mass is 127. The standard InChI is InChI=1S/C11H16INO2/c12-13-11(14)15-7-10-8-5-3-1-2-4-6-9(8)10/h1-2,8-10H,3-7H2,(H,13,14)/b2-1-/t8-,9+,10?. The van der Waals surface area contributed by atoms with Crippen LogP contribution in [0.5, 0.6) is 0 Å². The number of carbonyl (C=O) groups excluding carboxylic acids is 1. The van der Waals surface area contributed by atoms with Gasteiger partial charge in [-0.1, -0.05) is 12.2 Å². The molecule has 1 N–H and O–H groups in total. The monoisotopic (exact) mass is 321 g/mol. The first-order valence-corrected chi connectivity index (χ1v) is 6.59. The number of carbonyl (C=O) groups is 1. The summed E-state index contributed by atoms with van der Waals surface area (Å²) in [5.41, 5.74) is 0. The number of ether oxygens (including phenoxy) is 1. The van der Waals surface area contributed by atoms with Gasteiger partial charge in [-0.2, -0.15) is 0 Å². The summed E-state index contributed by atoms with van der Waals surface area (Å²) in [6.45, 7) is 0.601. The van der Waals surface area contributed by atoms with Crippen LogP contribution in [-0.2, 0) is 4.74 Å². The highest BCUT2D eigenvalue weighted by molar-refractivity contribution is 14.1. The van der Waals surface area contributed by atoms with Crippen LogP contribution < -0.4 is 3.53 Å². The number of nitrogens with one attached hydrogen (secondary N) is 1. The molecule has 0 radical (unpaired) electrons. The van der Waals surface area contributed by atoms with Gasteiger partial charge in [0.05, 0.1) is 29.5 Å². The first-order chi connectivity index (χ1) is 7.33. The quantitative estimate of drug-likeness (QED) is 0.482. The topological polar surface area (TPSA) is 38.3 Å². The lowest BCUT2D eigenvalue weighted by Gasteiger charge is -2.01. The van der Waals surface area contributed by atoms with Gasteiger partial charge in [0.2, 0.25) is 0 Å². The molecule has 0 spiro atoms. The molecule has 0 heterocycles. The Morgan fingerprint density at radius 2 is 1.93 bits per heavy atom. The maximum absolute atomic E-state index is 10.9. The largest absolute Gasteiger partial charge is 0.449 e. The van der Waals surface area contributed by atoms with Gasteiger partial charge in [-0.3, -0.25) is 3.53 Å². The fraction of sp³-hybridized carbons (Fsp3) is 0.727. The van der Waals surface area contributed by atoms with Crippen molar-refractivity contribution >= 4 is 29.0 Å². The Bertz CT molecular complexity index is 251. The second-order valence-electron chi connectivity index (χ2n) is 4.31. The Morgan fingerprint density at radius 3 is 2.47 bits per heavy atom. The van der Waals surface area contributed by atoms with Gasteiger partial charge in [-0.25, -0.2) is 4.79 Å². The molecule has 15 heavy (non-hydrogen) atoms. The van der Waals surface area contributed by atoms with Crippen molar-refractivity contribution in [2.24, 2.45) is 17.8 Å². The molecular formula is C11H16INO2. The number of hydrogen-bond donors (Lipinski definition) is 1. The first kappa shape index (κ1) is 11.2. The van der Waals surface area contributed by atoms with Crippen LogP contribution in [0, 0.1) is 17.8 Å². The lowest BCUT2D eigenvalue weighted by Crippen LogP contribution is -2.15. The van der Waals surface area contributed by atoms with Gasteiger partial charge in [-0.15, -0.1) is 0 Å². The minimum atomic E-state index is -0.312. The lowest BCUT2D eigenvalue weighted by atomic mass is 10.1. The smallest absolute Gasteiger partial charge is 0.415 e. The minimum absolute atomic E-state index is 0.312. The zero-order valence-electron chi connectivity index (χ0n) is 8.62. The summed E-state index contributed by atoms with van der Waals surface area (Å²) in [6.07, 6.45) is 9.16. The first-order valence-electron chi connectivity index (χ1n) is 5.51. The summed E-state index contributed by atoms with van der Waals surface area (Å²) in [6, 6.07) is 0. The number of hydrogen-bond acceptors (Lipinski definition) is 2. The zero-order chi connectivity index (χ0) is 10.7. The van der Waals surface area contributed by atoms with Crippen LogP contribution in [0.3, 0.4) is 0 Å². The molecule has 0 bridgehead atoms. The van der Waals surface area contributed by atoms with E-state index in [1.165, 1.54) is 25.7 Å². The van der Waals surface area contributed by atoms with E-state index < -0.39 is 0 Å². The van der Waals surface area contributed by atoms with Gasteiger partial charge in [-0.05, 0) is 43.4 Å². The molecule has 0 aromatic carbocycles. The average Bonchev–Trinajstić information content (AvgIpc) is 2.85. The summed E-state index contributed by atoms with van der Waals surface area (Å²) in [5, 5.41) is 0. The summed E-state index contributed by atoms with van der Waals surface area (Å²) >= 11 is 1.80. The molecule has 2 aliphatic carbocycles. The van der Waals surface area contributed by atoms with E-state index in [4.69, 9.17) is 4.74 Å². The Morgan fingerprint density at radius 1 is 1.33 bits per heavy atom. The van der Waals surface area contributed by atoms with E-state index in [1.54, 1.807) is 22.9 Å². The molecule has 2 rings (SSSR count). The van der Waals surface area contributed by atoms with Crippen molar-refractivity contribution in [2.75, 3.05) is 6.61 Å². The van der Waals surface area contributed by atoms with Gasteiger partial charge < -0.3 is 4.74 Å². The fourth-order valence-corrected chi connectivity index (χ4v) is 2.80. The molecule has 3 nitrogen and oxygen atoms in total. The second kappa shape index (κ2) is 5.18. The Hall–Kier alpha value is -0.260. The molecule has 0 aromatic rings. The van der Waals surface area contributed by atoms with Gasteiger partial charge in [0, 0.05) is 0 Å². The molecule has 84 valence electrons. The Kier molecular flexibility index (Phi) is 3.88. The molecule has 1 saturated carbocycles. The molecule has 1 amide bonds. The molecule has 0 aromatic heterocycles. The van der Waals surface area contributed by atoms with Crippen LogP contribution in [0.2, 0.25) is 0 Å². The number of rotatable bonds is 2. The lowest BCUT2D eigenvalue weighted by molar-refractivity contribution is 0.145. The van der Waals surface area contributed by atoms with Crippen LogP contribution in [0.1, 0.15) is 25.7 Å². The highest BCUT2D eigenvalue weighted by Crippen LogP contribution is 2.52. The van der Waals surface area contributed by atoms with Gasteiger partial charge in [0.1, 0.15) is 0 Å². The van der Waals surface area contributed by atoms with E-state index in [-0.39, 0.29) is 6.09 Å². The summed E-state index contributed by atoms with van der Waals surface area (Å²) in [4.78, 5) is 10.9. The Balaban J connectivity index is 1.75. The van der Waals surface area contributed by atoms with Gasteiger partial charge in [0.25, 0.3) is 0 Å². The van der Waals surface area contributed by atoms with Crippen molar-refractivity contribution < 1.29 is 9.53 Å². The van der Waals surface area contributed by atoms with E-state index >= 15 is 0 Å². The number of fused-ring (bicyclic) bond motifs is 1. The second-order valence-corrected chi connectivity index (χ2v) is 4.85. The van der Waals surface area contributed by atoms with Crippen LogP contribution in [-0.4, -0.2) is 12.7 Å². The van der Waals surface area contributed by atoms with Crippen molar-refractivity contribution in [1.29, 1.82) is 0 Å². The molecular weight excluding hydrogens is 305 g/mol. The molecule has 0 aliphatic heterocycles. The molecule has 4 heteroatoms. The van der Waals surface area contributed by atoms with Crippen molar-refractivity contribution in [2.45, 2.75) is 25.7 Å². The highest BCUT2D eigenvalue weighted by Gasteiger charge is 2.49. The third-order valence-electron chi connectivity index (χ3n) is 3.49. The Labute approximate surface area is 104 Å². The summed E-state index contributed by atoms with van der Waals surface area (Å²) in [5.74, 6) is 2.23. The minimum Gasteiger partial charge on any atom is -0.449 e. The maximum atomic E-state index is 10.9. The molecule has 1 unspecified atom stereocenters. The van der Waals surface area contributed by atoms with Crippen molar-refractivity contribution in [3.63, 3.8) is 0 Å². The van der Waals surface area contributed by atoms with Crippen LogP contribution >= 0.6 is 22.9 Å². The normalized spacial score (nSPS) is 35.7. The average molecular weight is 321 g/mol. The summed E-state index contributed by atoms with van der Waals surface area (Å²) in [7, 11) is 0. The van der Waals surface area contributed by atoms with E-state index in [0.29, 0.717) is 12.5 Å². The van der Waals surface area contributed by atoms with Crippen molar-refractivity contribution in [1.82, 2.24) is 3.53 Å². The maximum Gasteiger partial charge on any atom is 0.415 e.